The van der Waals surface area contributed by atoms with E-state index in [2.05, 4.69) is 18.2 Å². The molecule has 2 nitrogen and oxygen atoms in total. The fourth-order valence-electron chi connectivity index (χ4n) is 2.99. The molecule has 0 radical (unpaired) electrons. The number of nitrogens with two attached hydrogens (primary N) is 1. The van der Waals surface area contributed by atoms with E-state index in [1.165, 1.54) is 10.9 Å². The van der Waals surface area contributed by atoms with E-state index in [1.807, 2.05) is 60.7 Å². The number of fused-ring (bicyclic) bond motifs is 3. The summed E-state index contributed by atoms with van der Waals surface area (Å²) >= 11 is 0. The van der Waals surface area contributed by atoms with E-state index in [-0.39, 0.29) is 0 Å². The van der Waals surface area contributed by atoms with E-state index < -0.39 is 0 Å². The van der Waals surface area contributed by atoms with Crippen molar-refractivity contribution < 1.29 is 4.42 Å². The Kier molecular flexibility index (Phi) is 3.35. The van der Waals surface area contributed by atoms with Crippen molar-refractivity contribution in [3.63, 3.8) is 0 Å². The summed E-state index contributed by atoms with van der Waals surface area (Å²) in [5.41, 5.74) is 11.1. The zero-order chi connectivity index (χ0) is 15.6. The molecule has 4 aromatic rings. The second-order valence-corrected chi connectivity index (χ2v) is 5.62. The molecule has 0 bridgehead atoms. The number of allylic oxidation sites excluding steroid dienone is 1. The topological polar surface area (TPSA) is 39.2 Å². The molecule has 0 aliphatic rings. The first-order valence-corrected chi connectivity index (χ1v) is 7.73. The van der Waals surface area contributed by atoms with Gasteiger partial charge in [0, 0.05) is 16.5 Å². The van der Waals surface area contributed by atoms with Gasteiger partial charge in [-0.15, -0.1) is 0 Å². The Morgan fingerprint density at radius 2 is 1.57 bits per heavy atom. The average Bonchev–Trinajstić information content (AvgIpc) is 2.99. The van der Waals surface area contributed by atoms with Crippen LogP contribution in [0.4, 0.5) is 0 Å². The van der Waals surface area contributed by atoms with Crippen LogP contribution in [0.2, 0.25) is 0 Å². The van der Waals surface area contributed by atoms with Crippen molar-refractivity contribution in [1.82, 2.24) is 0 Å². The van der Waals surface area contributed by atoms with E-state index in [1.54, 1.807) is 0 Å². The monoisotopic (exact) mass is 299 g/mol. The third-order valence-corrected chi connectivity index (χ3v) is 4.14. The van der Waals surface area contributed by atoms with Crippen LogP contribution >= 0.6 is 0 Å². The molecule has 3 aromatic carbocycles. The summed E-state index contributed by atoms with van der Waals surface area (Å²) in [4.78, 5) is 0. The third-order valence-electron chi connectivity index (χ3n) is 4.14. The number of hydrogen-bond donors (Lipinski definition) is 1. The molecule has 2 N–H and O–H groups in total. The minimum absolute atomic E-state index is 0.779. The van der Waals surface area contributed by atoms with Crippen LogP contribution in [-0.2, 0) is 6.42 Å². The van der Waals surface area contributed by atoms with Gasteiger partial charge < -0.3 is 10.2 Å². The Bertz CT molecular complexity index is 996. The van der Waals surface area contributed by atoms with Gasteiger partial charge in [0.1, 0.15) is 11.2 Å². The average molecular weight is 299 g/mol. The van der Waals surface area contributed by atoms with Gasteiger partial charge in [-0.2, -0.15) is 0 Å². The second-order valence-electron chi connectivity index (χ2n) is 5.62. The van der Waals surface area contributed by atoms with Crippen molar-refractivity contribution in [1.29, 1.82) is 0 Å². The van der Waals surface area contributed by atoms with Crippen LogP contribution < -0.4 is 5.73 Å². The molecule has 0 saturated heterocycles. The zero-order valence-electron chi connectivity index (χ0n) is 12.7. The van der Waals surface area contributed by atoms with Crippen molar-refractivity contribution in [3.8, 4) is 0 Å². The normalized spacial score (nSPS) is 12.1. The molecule has 0 spiro atoms. The first-order chi connectivity index (χ1) is 11.3. The van der Waals surface area contributed by atoms with Crippen molar-refractivity contribution in [2.24, 2.45) is 5.73 Å². The van der Waals surface area contributed by atoms with Gasteiger partial charge >= 0.3 is 0 Å². The maximum atomic E-state index is 6.21. The van der Waals surface area contributed by atoms with Crippen molar-refractivity contribution in [2.45, 2.75) is 6.42 Å². The molecule has 0 aliphatic heterocycles. The Morgan fingerprint density at radius 3 is 2.43 bits per heavy atom. The lowest BCUT2D eigenvalue weighted by molar-refractivity contribution is 0.669. The second kappa shape index (κ2) is 5.65. The fraction of sp³-hybridized carbons (Fsp3) is 0.0476. The molecule has 1 heterocycles. The molecule has 112 valence electrons. The van der Waals surface area contributed by atoms with Gasteiger partial charge in [-0.25, -0.2) is 0 Å². The number of hydrogen-bond acceptors (Lipinski definition) is 2. The van der Waals surface area contributed by atoms with E-state index in [0.717, 1.165) is 34.2 Å². The molecule has 0 amide bonds. The van der Waals surface area contributed by atoms with E-state index in [9.17, 15) is 0 Å². The lowest BCUT2D eigenvalue weighted by Crippen LogP contribution is -1.97. The molecule has 0 unspecified atom stereocenters. The highest BCUT2D eigenvalue weighted by Crippen LogP contribution is 2.31. The van der Waals surface area contributed by atoms with Gasteiger partial charge in [-0.3, -0.25) is 0 Å². The van der Waals surface area contributed by atoms with Gasteiger partial charge in [0.25, 0.3) is 0 Å². The highest BCUT2D eigenvalue weighted by Gasteiger charge is 2.09. The van der Waals surface area contributed by atoms with Crippen LogP contribution in [0.5, 0.6) is 0 Å². The molecular weight excluding hydrogens is 282 g/mol. The lowest BCUT2D eigenvalue weighted by atomic mass is 10.0. The highest BCUT2D eigenvalue weighted by molar-refractivity contribution is 6.06. The van der Waals surface area contributed by atoms with Crippen LogP contribution in [0.1, 0.15) is 11.1 Å². The van der Waals surface area contributed by atoms with Crippen molar-refractivity contribution in [3.05, 3.63) is 90.0 Å². The van der Waals surface area contributed by atoms with Crippen molar-refractivity contribution in [2.75, 3.05) is 0 Å². The summed E-state index contributed by atoms with van der Waals surface area (Å²) in [7, 11) is 0. The molecule has 4 rings (SSSR count). The number of furan rings is 1. The number of benzene rings is 3. The predicted octanol–water partition coefficient (Wildman–Crippen LogP) is 5.13. The van der Waals surface area contributed by atoms with E-state index in [0.29, 0.717) is 0 Å². The molecule has 0 atom stereocenters. The Hall–Kier alpha value is -3.00. The Labute approximate surface area is 134 Å². The summed E-state index contributed by atoms with van der Waals surface area (Å²) in [6.45, 7) is 0. The summed E-state index contributed by atoms with van der Waals surface area (Å²) in [5, 5.41) is 2.34. The van der Waals surface area contributed by atoms with Gasteiger partial charge in [0.15, 0.2) is 0 Å². The summed E-state index contributed by atoms with van der Waals surface area (Å²) < 4.78 is 5.93. The molecule has 23 heavy (non-hydrogen) atoms. The van der Waals surface area contributed by atoms with E-state index >= 15 is 0 Å². The van der Waals surface area contributed by atoms with Crippen LogP contribution in [0.3, 0.4) is 0 Å². The van der Waals surface area contributed by atoms with Gasteiger partial charge in [0.2, 0.25) is 0 Å². The molecule has 0 fully saturated rings. The smallest absolute Gasteiger partial charge is 0.135 e. The minimum atomic E-state index is 0.779. The molecule has 1 aromatic heterocycles. The molecule has 2 heteroatoms. The first-order valence-electron chi connectivity index (χ1n) is 7.73. The predicted molar refractivity (Wildman–Crippen MR) is 96.0 cm³/mol. The maximum absolute atomic E-state index is 6.21. The van der Waals surface area contributed by atoms with Crippen LogP contribution in [0.15, 0.2) is 83.3 Å². The number of rotatable bonds is 3. The van der Waals surface area contributed by atoms with Gasteiger partial charge in [-0.05, 0) is 29.7 Å². The van der Waals surface area contributed by atoms with E-state index in [4.69, 9.17) is 10.2 Å². The third kappa shape index (κ3) is 2.49. The zero-order valence-corrected chi connectivity index (χ0v) is 12.7. The quantitative estimate of drug-likeness (QED) is 0.569. The molecular formula is C21H17NO. The molecule has 0 aliphatic carbocycles. The van der Waals surface area contributed by atoms with Gasteiger partial charge in [0.05, 0.1) is 0 Å². The SMILES string of the molecule is N/C(=C\Cc1cccc2oc3ccccc3c12)c1ccccc1. The summed E-state index contributed by atoms with van der Waals surface area (Å²) in [5.74, 6) is 0. The lowest BCUT2D eigenvalue weighted by Gasteiger charge is -2.03. The number of para-hydroxylation sites is 1. The summed E-state index contributed by atoms with van der Waals surface area (Å²) in [6.07, 6.45) is 2.85. The molecule has 0 saturated carbocycles. The maximum Gasteiger partial charge on any atom is 0.135 e. The summed E-state index contributed by atoms with van der Waals surface area (Å²) in [6, 6.07) is 24.4. The van der Waals surface area contributed by atoms with Crippen molar-refractivity contribution >= 4 is 27.6 Å². The fourth-order valence-corrected chi connectivity index (χ4v) is 2.99. The standard InChI is InChI=1S/C21H17NO/c22-18(15-7-2-1-3-8-15)14-13-16-9-6-12-20-21(16)17-10-4-5-11-19(17)23-20/h1-12,14H,13,22H2/b18-14-. The Morgan fingerprint density at radius 1 is 0.826 bits per heavy atom. The van der Waals surface area contributed by atoms with Gasteiger partial charge in [-0.1, -0.05) is 66.7 Å². The Balaban J connectivity index is 1.77. The largest absolute Gasteiger partial charge is 0.456 e. The highest BCUT2D eigenvalue weighted by atomic mass is 16.3. The van der Waals surface area contributed by atoms with Crippen LogP contribution in [0.25, 0.3) is 27.6 Å². The minimum Gasteiger partial charge on any atom is -0.456 e. The van der Waals surface area contributed by atoms with Crippen LogP contribution in [-0.4, -0.2) is 0 Å². The van der Waals surface area contributed by atoms with Crippen LogP contribution in [0, 0.1) is 0 Å². The first kappa shape index (κ1) is 13.6.